The fraction of sp³-hybridized carbons (Fsp3) is 0.552. The molecule has 0 radical (unpaired) electrons. The maximum Gasteiger partial charge on any atom is 0.253 e. The second kappa shape index (κ2) is 11.5. The van der Waals surface area contributed by atoms with E-state index < -0.39 is 10.0 Å². The summed E-state index contributed by atoms with van der Waals surface area (Å²) in [4.78, 5) is 17.9. The van der Waals surface area contributed by atoms with Crippen LogP contribution in [-0.2, 0) is 15.4 Å². The predicted molar refractivity (Wildman–Crippen MR) is 153 cm³/mol. The summed E-state index contributed by atoms with van der Waals surface area (Å²) >= 11 is 12.7. The van der Waals surface area contributed by atoms with Crippen molar-refractivity contribution in [2.75, 3.05) is 52.1 Å². The number of likely N-dealkylation sites (tertiary alicyclic amines) is 2. The molecule has 0 spiro atoms. The molecule has 3 saturated heterocycles. The molecule has 0 aromatic heterocycles. The highest BCUT2D eigenvalue weighted by molar-refractivity contribution is 7.88. The van der Waals surface area contributed by atoms with Gasteiger partial charge in [-0.25, -0.2) is 12.7 Å². The third-order valence-electron chi connectivity index (χ3n) is 8.94. The predicted octanol–water partition coefficient (Wildman–Crippen LogP) is 5.16. The standard InChI is InChI=1S/C29H37Cl2N3O3S/c1-38(36,37)34-15-10-22(11-16-34)24-19-32(20-24)17-13-29(25-8-9-26(30)27(31)18-25)12-5-14-33(21-29)28(35)23-6-3-2-4-7-23/h2-4,6-9,18,22,24H,5,10-17,19-21H2,1H3. The summed E-state index contributed by atoms with van der Waals surface area (Å²) in [6.07, 6.45) is 6.11. The highest BCUT2D eigenvalue weighted by atomic mass is 35.5. The number of amides is 1. The van der Waals surface area contributed by atoms with Crippen molar-refractivity contribution in [3.8, 4) is 0 Å². The third-order valence-corrected chi connectivity index (χ3v) is 11.0. The Bertz CT molecular complexity index is 1240. The molecular weight excluding hydrogens is 541 g/mol. The first kappa shape index (κ1) is 27.9. The molecule has 0 N–H and O–H groups in total. The van der Waals surface area contributed by atoms with Crippen LogP contribution in [0.25, 0.3) is 0 Å². The molecule has 5 rings (SSSR count). The van der Waals surface area contributed by atoms with Crippen LogP contribution >= 0.6 is 23.2 Å². The Labute approximate surface area is 236 Å². The van der Waals surface area contributed by atoms with Gasteiger partial charge in [-0.15, -0.1) is 0 Å². The van der Waals surface area contributed by atoms with Gasteiger partial charge in [0.2, 0.25) is 10.0 Å². The Morgan fingerprint density at radius 2 is 1.68 bits per heavy atom. The molecule has 3 aliphatic heterocycles. The van der Waals surface area contributed by atoms with Crippen molar-refractivity contribution in [2.24, 2.45) is 11.8 Å². The maximum atomic E-state index is 13.4. The number of halogens is 2. The smallest absolute Gasteiger partial charge is 0.253 e. The molecule has 206 valence electrons. The van der Waals surface area contributed by atoms with Gasteiger partial charge in [-0.2, -0.15) is 0 Å². The summed E-state index contributed by atoms with van der Waals surface area (Å²) in [7, 11) is -3.09. The summed E-state index contributed by atoms with van der Waals surface area (Å²) in [5.41, 5.74) is 1.70. The highest BCUT2D eigenvalue weighted by Crippen LogP contribution is 2.41. The fourth-order valence-corrected chi connectivity index (χ4v) is 7.79. The van der Waals surface area contributed by atoms with Crippen LogP contribution in [0.15, 0.2) is 48.5 Å². The second-order valence-corrected chi connectivity index (χ2v) is 14.2. The SMILES string of the molecule is CS(=O)(=O)N1CCC(C2CN(CCC3(c4ccc(Cl)c(Cl)c4)CCCN(C(=O)c4ccccc4)C3)C2)CC1. The quantitative estimate of drug-likeness (QED) is 0.456. The molecule has 2 aromatic carbocycles. The fourth-order valence-electron chi connectivity index (χ4n) is 6.62. The minimum Gasteiger partial charge on any atom is -0.338 e. The molecule has 9 heteroatoms. The molecule has 0 aliphatic carbocycles. The molecule has 1 amide bonds. The van der Waals surface area contributed by atoms with Crippen molar-refractivity contribution in [3.05, 3.63) is 69.7 Å². The number of carbonyl (C=O) groups excluding carboxylic acids is 1. The van der Waals surface area contributed by atoms with Crippen LogP contribution < -0.4 is 0 Å². The van der Waals surface area contributed by atoms with E-state index in [1.807, 2.05) is 47.4 Å². The molecule has 3 heterocycles. The van der Waals surface area contributed by atoms with Crippen molar-refractivity contribution >= 4 is 39.1 Å². The van der Waals surface area contributed by atoms with Crippen LogP contribution in [0.5, 0.6) is 0 Å². The Hall–Kier alpha value is -1.64. The van der Waals surface area contributed by atoms with Gasteiger partial charge in [0, 0.05) is 50.2 Å². The number of sulfonamides is 1. The number of hydrogen-bond donors (Lipinski definition) is 0. The van der Waals surface area contributed by atoms with Gasteiger partial charge < -0.3 is 9.80 Å². The van der Waals surface area contributed by atoms with Crippen LogP contribution in [-0.4, -0.2) is 80.5 Å². The molecule has 0 saturated carbocycles. The van der Waals surface area contributed by atoms with Crippen LogP contribution in [0.4, 0.5) is 0 Å². The first-order valence-electron chi connectivity index (χ1n) is 13.6. The average molecular weight is 579 g/mol. The second-order valence-electron chi connectivity index (χ2n) is 11.4. The zero-order valence-electron chi connectivity index (χ0n) is 22.0. The number of rotatable bonds is 7. The number of hydrogen-bond acceptors (Lipinski definition) is 4. The molecule has 1 atom stereocenters. The van der Waals surface area contributed by atoms with E-state index in [2.05, 4.69) is 11.0 Å². The molecule has 2 aromatic rings. The van der Waals surface area contributed by atoms with E-state index in [0.717, 1.165) is 69.4 Å². The lowest BCUT2D eigenvalue weighted by Gasteiger charge is -2.48. The van der Waals surface area contributed by atoms with Gasteiger partial charge in [0.05, 0.1) is 16.3 Å². The molecular formula is C29H37Cl2N3O3S. The van der Waals surface area contributed by atoms with Crippen molar-refractivity contribution in [1.29, 1.82) is 0 Å². The molecule has 0 bridgehead atoms. The van der Waals surface area contributed by atoms with Crippen LogP contribution in [0, 0.1) is 11.8 Å². The number of benzene rings is 2. The van der Waals surface area contributed by atoms with Crippen molar-refractivity contribution in [1.82, 2.24) is 14.1 Å². The van der Waals surface area contributed by atoms with E-state index in [1.165, 1.54) is 6.26 Å². The van der Waals surface area contributed by atoms with Crippen LogP contribution in [0.1, 0.15) is 48.0 Å². The van der Waals surface area contributed by atoms with E-state index in [0.29, 0.717) is 41.5 Å². The lowest BCUT2D eigenvalue weighted by atomic mass is 9.71. The van der Waals surface area contributed by atoms with Gasteiger partial charge in [0.25, 0.3) is 5.91 Å². The summed E-state index contributed by atoms with van der Waals surface area (Å²) in [5.74, 6) is 1.32. The van der Waals surface area contributed by atoms with Gasteiger partial charge in [-0.3, -0.25) is 4.79 Å². The van der Waals surface area contributed by atoms with E-state index in [9.17, 15) is 13.2 Å². The van der Waals surface area contributed by atoms with Gasteiger partial charge in [0.1, 0.15) is 0 Å². The summed E-state index contributed by atoms with van der Waals surface area (Å²) in [6.45, 7) is 5.81. The maximum absolute atomic E-state index is 13.4. The number of piperidine rings is 2. The minimum absolute atomic E-state index is 0.0826. The lowest BCUT2D eigenvalue weighted by molar-refractivity contribution is 0.0259. The molecule has 6 nitrogen and oxygen atoms in total. The number of nitrogens with zero attached hydrogens (tertiary/aromatic N) is 3. The Kier molecular flexibility index (Phi) is 8.42. The molecule has 1 unspecified atom stereocenters. The lowest BCUT2D eigenvalue weighted by Crippen LogP contribution is -2.54. The van der Waals surface area contributed by atoms with Crippen molar-refractivity contribution in [2.45, 2.75) is 37.5 Å². The Balaban J connectivity index is 1.25. The number of carbonyl (C=O) groups is 1. The van der Waals surface area contributed by atoms with Crippen LogP contribution in [0.2, 0.25) is 10.0 Å². The topological polar surface area (TPSA) is 60.9 Å². The Morgan fingerprint density at radius 1 is 0.974 bits per heavy atom. The van der Waals surface area contributed by atoms with Gasteiger partial charge in [-0.05, 0) is 80.3 Å². The van der Waals surface area contributed by atoms with Crippen molar-refractivity contribution in [3.63, 3.8) is 0 Å². The summed E-state index contributed by atoms with van der Waals surface area (Å²) in [5, 5.41) is 1.10. The molecule has 3 fully saturated rings. The average Bonchev–Trinajstić information content (AvgIpc) is 2.89. The van der Waals surface area contributed by atoms with E-state index >= 15 is 0 Å². The van der Waals surface area contributed by atoms with Gasteiger partial charge in [0.15, 0.2) is 0 Å². The van der Waals surface area contributed by atoms with E-state index in [-0.39, 0.29) is 11.3 Å². The van der Waals surface area contributed by atoms with Crippen molar-refractivity contribution < 1.29 is 13.2 Å². The van der Waals surface area contributed by atoms with Gasteiger partial charge in [-0.1, -0.05) is 47.5 Å². The zero-order valence-corrected chi connectivity index (χ0v) is 24.3. The minimum atomic E-state index is -3.09. The zero-order chi connectivity index (χ0) is 26.9. The van der Waals surface area contributed by atoms with Crippen LogP contribution in [0.3, 0.4) is 0 Å². The Morgan fingerprint density at radius 3 is 2.34 bits per heavy atom. The third kappa shape index (κ3) is 6.07. The van der Waals surface area contributed by atoms with E-state index in [4.69, 9.17) is 23.2 Å². The first-order valence-corrected chi connectivity index (χ1v) is 16.2. The summed E-state index contributed by atoms with van der Waals surface area (Å²) < 4.78 is 25.3. The largest absolute Gasteiger partial charge is 0.338 e. The first-order chi connectivity index (χ1) is 18.1. The van der Waals surface area contributed by atoms with E-state index in [1.54, 1.807) is 4.31 Å². The summed E-state index contributed by atoms with van der Waals surface area (Å²) in [6, 6.07) is 15.5. The van der Waals surface area contributed by atoms with Gasteiger partial charge >= 0.3 is 0 Å². The molecule has 38 heavy (non-hydrogen) atoms. The monoisotopic (exact) mass is 577 g/mol. The normalized spacial score (nSPS) is 24.3. The molecule has 3 aliphatic rings. The highest BCUT2D eigenvalue weighted by Gasteiger charge is 2.41.